The number of hydrogen-bond acceptors (Lipinski definition) is 3. The summed E-state index contributed by atoms with van der Waals surface area (Å²) in [4.78, 5) is 13.1. The van der Waals surface area contributed by atoms with E-state index in [9.17, 15) is 13.2 Å². The molecular weight excluding hydrogens is 372 g/mol. The number of rotatable bonds is 5. The molecule has 150 valence electrons. The molecule has 0 aromatic heterocycles. The Kier molecular flexibility index (Phi) is 6.20. The summed E-state index contributed by atoms with van der Waals surface area (Å²) in [5, 5.41) is 3.08. The molecule has 0 spiro atoms. The minimum atomic E-state index is -3.57. The molecule has 1 fully saturated rings. The Morgan fingerprint density at radius 1 is 1.14 bits per heavy atom. The first kappa shape index (κ1) is 20.6. The van der Waals surface area contributed by atoms with E-state index in [1.165, 1.54) is 9.87 Å². The Balaban J connectivity index is 1.69. The Morgan fingerprint density at radius 3 is 2.54 bits per heavy atom. The number of piperidine rings is 1. The number of amides is 1. The molecule has 0 unspecified atom stereocenters. The zero-order valence-corrected chi connectivity index (χ0v) is 17.5. The van der Waals surface area contributed by atoms with Gasteiger partial charge in [0.1, 0.15) is 0 Å². The van der Waals surface area contributed by atoms with Crippen LogP contribution in [0.2, 0.25) is 0 Å². The lowest BCUT2D eigenvalue weighted by atomic mass is 9.96. The van der Waals surface area contributed by atoms with Crippen LogP contribution in [0.4, 0.5) is 0 Å². The van der Waals surface area contributed by atoms with Crippen LogP contribution in [0, 0.1) is 19.8 Å². The predicted octanol–water partition coefficient (Wildman–Crippen LogP) is 3.58. The van der Waals surface area contributed by atoms with E-state index in [1.807, 2.05) is 32.9 Å². The van der Waals surface area contributed by atoms with Gasteiger partial charge in [-0.25, -0.2) is 8.42 Å². The molecule has 0 bridgehead atoms. The summed E-state index contributed by atoms with van der Waals surface area (Å²) >= 11 is 0. The second kappa shape index (κ2) is 8.45. The van der Waals surface area contributed by atoms with Crippen LogP contribution in [-0.4, -0.2) is 31.7 Å². The van der Waals surface area contributed by atoms with Crippen molar-refractivity contribution in [2.24, 2.45) is 5.92 Å². The number of aryl methyl sites for hydroxylation is 2. The Labute approximate surface area is 167 Å². The molecule has 2 aromatic rings. The van der Waals surface area contributed by atoms with Crippen LogP contribution in [0.1, 0.15) is 42.5 Å². The number of sulfonamides is 1. The van der Waals surface area contributed by atoms with Crippen molar-refractivity contribution in [3.05, 3.63) is 65.2 Å². The summed E-state index contributed by atoms with van der Waals surface area (Å²) in [6.45, 7) is 6.73. The second-order valence-electron chi connectivity index (χ2n) is 7.61. The van der Waals surface area contributed by atoms with E-state index in [0.717, 1.165) is 11.1 Å². The van der Waals surface area contributed by atoms with E-state index in [-0.39, 0.29) is 29.3 Å². The van der Waals surface area contributed by atoms with Crippen LogP contribution >= 0.6 is 0 Å². The Hall–Kier alpha value is -2.18. The van der Waals surface area contributed by atoms with Gasteiger partial charge in [-0.15, -0.1) is 0 Å². The van der Waals surface area contributed by atoms with Crippen molar-refractivity contribution < 1.29 is 13.2 Å². The van der Waals surface area contributed by atoms with E-state index in [2.05, 4.69) is 11.4 Å². The second-order valence-corrected chi connectivity index (χ2v) is 9.54. The average Bonchev–Trinajstić information content (AvgIpc) is 2.68. The van der Waals surface area contributed by atoms with Crippen molar-refractivity contribution in [3.63, 3.8) is 0 Å². The number of carbonyl (C=O) groups is 1. The molecule has 5 nitrogen and oxygen atoms in total. The Morgan fingerprint density at radius 2 is 1.86 bits per heavy atom. The summed E-state index contributed by atoms with van der Waals surface area (Å²) in [6.07, 6.45) is 1.38. The van der Waals surface area contributed by atoms with E-state index in [0.29, 0.717) is 19.4 Å². The third-order valence-electron chi connectivity index (χ3n) is 5.39. The van der Waals surface area contributed by atoms with Gasteiger partial charge >= 0.3 is 0 Å². The van der Waals surface area contributed by atoms with Gasteiger partial charge in [-0.2, -0.15) is 4.31 Å². The lowest BCUT2D eigenvalue weighted by molar-refractivity contribution is -0.126. The molecule has 1 aliphatic rings. The van der Waals surface area contributed by atoms with E-state index >= 15 is 0 Å². The van der Waals surface area contributed by atoms with Gasteiger partial charge in [0, 0.05) is 13.1 Å². The standard InChI is InChI=1S/C22H28N2O3S/c1-16-11-12-21(17(2)14-16)18(3)23-22(25)19-8-7-13-24(15-19)28(26,27)20-9-5-4-6-10-20/h4-6,9-12,14,18-19H,7-8,13,15H2,1-3H3,(H,23,25)/t18-,19+/m1/s1. The fourth-order valence-electron chi connectivity index (χ4n) is 3.84. The summed E-state index contributed by atoms with van der Waals surface area (Å²) in [7, 11) is -3.57. The number of nitrogens with one attached hydrogen (secondary N) is 1. The van der Waals surface area contributed by atoms with Gasteiger partial charge in [-0.1, -0.05) is 42.0 Å². The molecule has 0 radical (unpaired) electrons. The zero-order valence-electron chi connectivity index (χ0n) is 16.7. The fourth-order valence-corrected chi connectivity index (χ4v) is 5.38. The smallest absolute Gasteiger partial charge is 0.243 e. The topological polar surface area (TPSA) is 66.5 Å². The number of hydrogen-bond donors (Lipinski definition) is 1. The summed E-state index contributed by atoms with van der Waals surface area (Å²) in [5.41, 5.74) is 3.42. The SMILES string of the molecule is Cc1ccc([C@@H](C)NC(=O)[C@H]2CCCN(S(=O)(=O)c3ccccc3)C2)c(C)c1. The molecule has 0 saturated carbocycles. The van der Waals surface area contributed by atoms with Crippen molar-refractivity contribution in [3.8, 4) is 0 Å². The molecule has 1 amide bonds. The van der Waals surface area contributed by atoms with Crippen molar-refractivity contribution in [1.82, 2.24) is 9.62 Å². The van der Waals surface area contributed by atoms with Gasteiger partial charge < -0.3 is 5.32 Å². The van der Waals surface area contributed by atoms with Crippen LogP contribution < -0.4 is 5.32 Å². The highest BCUT2D eigenvalue weighted by Gasteiger charge is 2.33. The van der Waals surface area contributed by atoms with Gasteiger partial charge in [0.15, 0.2) is 0 Å². The molecule has 3 rings (SSSR count). The van der Waals surface area contributed by atoms with Gasteiger partial charge in [0.2, 0.25) is 15.9 Å². The maximum atomic E-state index is 12.9. The third kappa shape index (κ3) is 4.45. The van der Waals surface area contributed by atoms with E-state index < -0.39 is 10.0 Å². The van der Waals surface area contributed by atoms with E-state index in [1.54, 1.807) is 30.3 Å². The molecule has 6 heteroatoms. The Bertz CT molecular complexity index is 942. The molecular formula is C22H28N2O3S. The van der Waals surface area contributed by atoms with Crippen LogP contribution in [0.25, 0.3) is 0 Å². The molecule has 1 aliphatic heterocycles. The van der Waals surface area contributed by atoms with Crippen LogP contribution in [0.5, 0.6) is 0 Å². The quantitative estimate of drug-likeness (QED) is 0.834. The first-order valence-corrected chi connectivity index (χ1v) is 11.2. The lowest BCUT2D eigenvalue weighted by Crippen LogP contribution is -2.45. The number of carbonyl (C=O) groups excluding carboxylic acids is 1. The first-order chi connectivity index (χ1) is 13.3. The highest BCUT2D eigenvalue weighted by molar-refractivity contribution is 7.89. The minimum absolute atomic E-state index is 0.0829. The molecule has 1 saturated heterocycles. The maximum Gasteiger partial charge on any atom is 0.243 e. The number of nitrogens with zero attached hydrogens (tertiary/aromatic N) is 1. The van der Waals surface area contributed by atoms with Crippen LogP contribution in [0.3, 0.4) is 0 Å². The molecule has 2 atom stereocenters. The molecule has 1 heterocycles. The van der Waals surface area contributed by atoms with Crippen molar-refractivity contribution >= 4 is 15.9 Å². The largest absolute Gasteiger partial charge is 0.349 e. The highest BCUT2D eigenvalue weighted by Crippen LogP contribution is 2.25. The van der Waals surface area contributed by atoms with Crippen molar-refractivity contribution in [2.75, 3.05) is 13.1 Å². The van der Waals surface area contributed by atoms with Crippen LogP contribution in [-0.2, 0) is 14.8 Å². The van der Waals surface area contributed by atoms with Gasteiger partial charge in [0.05, 0.1) is 16.9 Å². The highest BCUT2D eigenvalue weighted by atomic mass is 32.2. The molecule has 2 aromatic carbocycles. The number of benzene rings is 2. The normalized spacial score (nSPS) is 19.2. The van der Waals surface area contributed by atoms with Crippen LogP contribution in [0.15, 0.2) is 53.4 Å². The minimum Gasteiger partial charge on any atom is -0.349 e. The van der Waals surface area contributed by atoms with Crippen molar-refractivity contribution in [2.45, 2.75) is 44.6 Å². The zero-order chi connectivity index (χ0) is 20.3. The molecule has 0 aliphatic carbocycles. The molecule has 28 heavy (non-hydrogen) atoms. The van der Waals surface area contributed by atoms with Crippen molar-refractivity contribution in [1.29, 1.82) is 0 Å². The maximum absolute atomic E-state index is 12.9. The van der Waals surface area contributed by atoms with Gasteiger partial charge in [0.25, 0.3) is 0 Å². The van der Waals surface area contributed by atoms with Gasteiger partial charge in [-0.3, -0.25) is 4.79 Å². The first-order valence-electron chi connectivity index (χ1n) is 9.72. The molecule has 1 N–H and O–H groups in total. The fraction of sp³-hybridized carbons (Fsp3) is 0.409. The predicted molar refractivity (Wildman–Crippen MR) is 110 cm³/mol. The summed E-state index contributed by atoms with van der Waals surface area (Å²) in [5.74, 6) is -0.416. The summed E-state index contributed by atoms with van der Waals surface area (Å²) in [6, 6.07) is 14.5. The average molecular weight is 401 g/mol. The third-order valence-corrected chi connectivity index (χ3v) is 7.27. The van der Waals surface area contributed by atoms with Gasteiger partial charge in [-0.05, 0) is 56.9 Å². The van der Waals surface area contributed by atoms with E-state index in [4.69, 9.17) is 0 Å². The monoisotopic (exact) mass is 400 g/mol. The lowest BCUT2D eigenvalue weighted by Gasteiger charge is -2.32. The summed E-state index contributed by atoms with van der Waals surface area (Å²) < 4.78 is 27.2.